The van der Waals surface area contributed by atoms with E-state index >= 15 is 0 Å². The molecule has 2 atom stereocenters. The highest BCUT2D eigenvalue weighted by atomic mass is 16.5. The van der Waals surface area contributed by atoms with Gasteiger partial charge < -0.3 is 24.4 Å². The minimum absolute atomic E-state index is 0.121. The second kappa shape index (κ2) is 13.6. The molecule has 0 radical (unpaired) electrons. The lowest BCUT2D eigenvalue weighted by Gasteiger charge is -2.29. The van der Waals surface area contributed by atoms with Gasteiger partial charge in [0.1, 0.15) is 0 Å². The fourth-order valence-electron chi connectivity index (χ4n) is 4.88. The Morgan fingerprint density at radius 2 is 1.74 bits per heavy atom. The number of carbonyl (C=O) groups excluding carboxylic acids is 1. The van der Waals surface area contributed by atoms with E-state index in [1.807, 2.05) is 23.1 Å². The standard InChI is InChI=1S/C31H35N3O4/c1-36-15-6-16-38-30-18-25(11-14-29(30)37-2)31(35)34(28-12-9-24(19-32)10-13-28)22-27-21-33-20-26(27)17-23-7-4-3-5-8-23/h3-5,7-14,18,26-27,33H,6,15-17,20-22H2,1-2H3. The Morgan fingerprint density at radius 3 is 2.45 bits per heavy atom. The number of rotatable bonds is 12. The predicted molar refractivity (Wildman–Crippen MR) is 148 cm³/mol. The molecular weight excluding hydrogens is 478 g/mol. The smallest absolute Gasteiger partial charge is 0.258 e. The third kappa shape index (κ3) is 6.91. The molecule has 0 aliphatic carbocycles. The molecule has 3 aromatic rings. The molecule has 1 heterocycles. The second-order valence-corrected chi connectivity index (χ2v) is 9.50. The number of ether oxygens (including phenoxy) is 3. The molecule has 7 nitrogen and oxygen atoms in total. The Balaban J connectivity index is 1.59. The van der Waals surface area contributed by atoms with Crippen molar-refractivity contribution >= 4 is 11.6 Å². The SMILES string of the molecule is COCCCOc1cc(C(=O)N(CC2CNCC2Cc2ccccc2)c2ccc(C#N)cc2)ccc1OC. The van der Waals surface area contributed by atoms with Gasteiger partial charge in [-0.25, -0.2) is 0 Å². The van der Waals surface area contributed by atoms with Crippen LogP contribution < -0.4 is 19.7 Å². The predicted octanol–water partition coefficient (Wildman–Crippen LogP) is 4.71. The fraction of sp³-hybridized carbons (Fsp3) is 0.355. The van der Waals surface area contributed by atoms with Crippen LogP contribution in [-0.4, -0.2) is 53.0 Å². The van der Waals surface area contributed by atoms with Crippen LogP contribution in [0.25, 0.3) is 0 Å². The average molecular weight is 514 g/mol. The summed E-state index contributed by atoms with van der Waals surface area (Å²) >= 11 is 0. The summed E-state index contributed by atoms with van der Waals surface area (Å²) in [6, 6.07) is 25.1. The van der Waals surface area contributed by atoms with Gasteiger partial charge in [-0.1, -0.05) is 30.3 Å². The van der Waals surface area contributed by atoms with E-state index in [0.717, 1.165) is 31.6 Å². The van der Waals surface area contributed by atoms with Crippen LogP contribution >= 0.6 is 0 Å². The molecule has 3 aromatic carbocycles. The van der Waals surface area contributed by atoms with Crippen LogP contribution in [0.5, 0.6) is 11.5 Å². The molecule has 0 bridgehead atoms. The summed E-state index contributed by atoms with van der Waals surface area (Å²) in [7, 11) is 3.24. The number of carbonyl (C=O) groups is 1. The molecule has 1 fully saturated rings. The van der Waals surface area contributed by atoms with Crippen LogP contribution in [0.4, 0.5) is 5.69 Å². The minimum atomic E-state index is -0.121. The lowest BCUT2D eigenvalue weighted by molar-refractivity contribution is 0.0980. The largest absolute Gasteiger partial charge is 0.493 e. The van der Waals surface area contributed by atoms with Gasteiger partial charge in [0.15, 0.2) is 11.5 Å². The first-order valence-electron chi connectivity index (χ1n) is 13.0. The van der Waals surface area contributed by atoms with Gasteiger partial charge in [-0.2, -0.15) is 5.26 Å². The molecular formula is C31H35N3O4. The van der Waals surface area contributed by atoms with E-state index in [9.17, 15) is 10.1 Å². The van der Waals surface area contributed by atoms with Crippen molar-refractivity contribution in [3.63, 3.8) is 0 Å². The van der Waals surface area contributed by atoms with Gasteiger partial charge in [-0.05, 0) is 79.4 Å². The summed E-state index contributed by atoms with van der Waals surface area (Å²) in [5.74, 6) is 1.66. The van der Waals surface area contributed by atoms with Crippen LogP contribution in [0, 0.1) is 23.2 Å². The number of anilines is 1. The van der Waals surface area contributed by atoms with Crippen molar-refractivity contribution in [2.45, 2.75) is 12.8 Å². The zero-order chi connectivity index (χ0) is 26.7. The number of benzene rings is 3. The molecule has 1 aliphatic heterocycles. The van der Waals surface area contributed by atoms with E-state index in [4.69, 9.17) is 14.2 Å². The minimum Gasteiger partial charge on any atom is -0.493 e. The van der Waals surface area contributed by atoms with Gasteiger partial charge in [0, 0.05) is 37.9 Å². The molecule has 0 aromatic heterocycles. The first-order chi connectivity index (χ1) is 18.6. The highest BCUT2D eigenvalue weighted by Gasteiger charge is 2.31. The molecule has 38 heavy (non-hydrogen) atoms. The molecule has 1 aliphatic rings. The van der Waals surface area contributed by atoms with Gasteiger partial charge in [-0.15, -0.1) is 0 Å². The number of nitrogens with one attached hydrogen (secondary N) is 1. The third-order valence-electron chi connectivity index (χ3n) is 6.95. The van der Waals surface area contributed by atoms with Gasteiger partial charge in [0.25, 0.3) is 5.91 Å². The average Bonchev–Trinajstić information content (AvgIpc) is 3.40. The van der Waals surface area contributed by atoms with E-state index in [2.05, 4.69) is 35.7 Å². The van der Waals surface area contributed by atoms with Crippen LogP contribution in [0.15, 0.2) is 72.8 Å². The summed E-state index contributed by atoms with van der Waals surface area (Å²) in [6.45, 7) is 3.36. The molecule has 0 saturated carbocycles. The van der Waals surface area contributed by atoms with Crippen molar-refractivity contribution in [3.05, 3.63) is 89.5 Å². The normalized spacial score (nSPS) is 16.6. The number of hydrogen-bond donors (Lipinski definition) is 1. The first kappa shape index (κ1) is 27.2. The highest BCUT2D eigenvalue weighted by Crippen LogP contribution is 2.31. The summed E-state index contributed by atoms with van der Waals surface area (Å²) < 4.78 is 16.5. The number of nitriles is 1. The Labute approximate surface area is 224 Å². The summed E-state index contributed by atoms with van der Waals surface area (Å²) in [4.78, 5) is 15.8. The molecule has 1 amide bonds. The molecule has 1 saturated heterocycles. The van der Waals surface area contributed by atoms with E-state index in [1.54, 1.807) is 44.6 Å². The van der Waals surface area contributed by atoms with Crippen molar-refractivity contribution in [1.82, 2.24) is 5.32 Å². The van der Waals surface area contributed by atoms with Crippen LogP contribution in [-0.2, 0) is 11.2 Å². The molecule has 1 N–H and O–H groups in total. The van der Waals surface area contributed by atoms with E-state index in [1.165, 1.54) is 5.56 Å². The number of methoxy groups -OCH3 is 2. The maximum Gasteiger partial charge on any atom is 0.258 e. The van der Waals surface area contributed by atoms with Crippen molar-refractivity contribution in [1.29, 1.82) is 5.26 Å². The van der Waals surface area contributed by atoms with Gasteiger partial charge >= 0.3 is 0 Å². The Bertz CT molecular complexity index is 1220. The summed E-state index contributed by atoms with van der Waals surface area (Å²) in [5.41, 5.74) is 3.13. The molecule has 7 heteroatoms. The highest BCUT2D eigenvalue weighted by molar-refractivity contribution is 6.06. The second-order valence-electron chi connectivity index (χ2n) is 9.50. The van der Waals surface area contributed by atoms with Gasteiger partial charge in [0.2, 0.25) is 0 Å². The topological polar surface area (TPSA) is 83.8 Å². The number of hydrogen-bond acceptors (Lipinski definition) is 6. The van der Waals surface area contributed by atoms with E-state index < -0.39 is 0 Å². The van der Waals surface area contributed by atoms with Crippen LogP contribution in [0.2, 0.25) is 0 Å². The fourth-order valence-corrected chi connectivity index (χ4v) is 4.88. The van der Waals surface area contributed by atoms with Crippen LogP contribution in [0.1, 0.15) is 27.9 Å². The molecule has 0 spiro atoms. The maximum atomic E-state index is 14.0. The van der Waals surface area contributed by atoms with Crippen molar-refractivity contribution < 1.29 is 19.0 Å². The van der Waals surface area contributed by atoms with Crippen molar-refractivity contribution in [2.24, 2.45) is 11.8 Å². The van der Waals surface area contributed by atoms with Crippen LogP contribution in [0.3, 0.4) is 0 Å². The zero-order valence-electron chi connectivity index (χ0n) is 22.1. The van der Waals surface area contributed by atoms with Crippen molar-refractivity contribution in [2.75, 3.05) is 52.0 Å². The molecule has 4 rings (SSSR count). The molecule has 198 valence electrons. The van der Waals surface area contributed by atoms with E-state index in [0.29, 0.717) is 48.3 Å². The lowest BCUT2D eigenvalue weighted by Crippen LogP contribution is -2.38. The Kier molecular flexibility index (Phi) is 9.74. The van der Waals surface area contributed by atoms with E-state index in [-0.39, 0.29) is 11.8 Å². The lowest BCUT2D eigenvalue weighted by atomic mass is 9.89. The first-order valence-corrected chi connectivity index (χ1v) is 13.0. The zero-order valence-corrected chi connectivity index (χ0v) is 22.1. The Hall–Kier alpha value is -3.86. The van der Waals surface area contributed by atoms with Gasteiger partial charge in [-0.3, -0.25) is 4.79 Å². The van der Waals surface area contributed by atoms with Gasteiger partial charge in [0.05, 0.1) is 25.3 Å². The monoisotopic (exact) mass is 513 g/mol. The number of amides is 1. The Morgan fingerprint density at radius 1 is 0.974 bits per heavy atom. The maximum absolute atomic E-state index is 14.0. The third-order valence-corrected chi connectivity index (χ3v) is 6.95. The summed E-state index contributed by atoms with van der Waals surface area (Å²) in [5, 5.41) is 12.8. The summed E-state index contributed by atoms with van der Waals surface area (Å²) in [6.07, 6.45) is 1.68. The molecule has 2 unspecified atom stereocenters. The van der Waals surface area contributed by atoms with Crippen molar-refractivity contribution in [3.8, 4) is 17.6 Å². The quantitative estimate of drug-likeness (QED) is 0.353. The number of nitrogens with zero attached hydrogens (tertiary/aromatic N) is 2.